The van der Waals surface area contributed by atoms with E-state index in [1.807, 2.05) is 17.5 Å². The fourth-order valence-corrected chi connectivity index (χ4v) is 2.87. The van der Waals surface area contributed by atoms with Crippen LogP contribution in [0.4, 0.5) is 11.5 Å². The van der Waals surface area contributed by atoms with E-state index in [-0.39, 0.29) is 23.2 Å². The highest BCUT2D eigenvalue weighted by Crippen LogP contribution is 2.29. The van der Waals surface area contributed by atoms with Gasteiger partial charge in [-0.2, -0.15) is 0 Å². The first-order chi connectivity index (χ1) is 11.1. The zero-order valence-corrected chi connectivity index (χ0v) is 13.1. The minimum absolute atomic E-state index is 0.0634. The summed E-state index contributed by atoms with van der Waals surface area (Å²) >= 11 is 7.22. The average Bonchev–Trinajstić information content (AvgIpc) is 3.02. The number of rotatable bonds is 5. The fourth-order valence-electron chi connectivity index (χ4n) is 1.84. The number of aromatic nitrogens is 4. The molecule has 116 valence electrons. The molecule has 1 N–H and O–H groups in total. The number of hydrogen-bond acceptors (Lipinski definition) is 8. The highest BCUT2D eigenvalue weighted by molar-refractivity contribution is 7.13. The maximum absolute atomic E-state index is 11.0. The predicted octanol–water partition coefficient (Wildman–Crippen LogP) is 3.17. The zero-order chi connectivity index (χ0) is 16.2. The molecule has 0 aliphatic carbocycles. The topological polar surface area (TPSA) is 107 Å². The van der Waals surface area contributed by atoms with Crippen LogP contribution >= 0.6 is 22.9 Å². The van der Waals surface area contributed by atoms with Gasteiger partial charge in [0.1, 0.15) is 11.3 Å². The normalized spacial score (nSPS) is 10.5. The van der Waals surface area contributed by atoms with Crippen molar-refractivity contribution in [1.29, 1.82) is 0 Å². The zero-order valence-electron chi connectivity index (χ0n) is 11.5. The molecule has 3 rings (SSSR count). The van der Waals surface area contributed by atoms with Gasteiger partial charge in [-0.05, 0) is 12.1 Å². The van der Waals surface area contributed by atoms with Crippen LogP contribution in [-0.2, 0) is 6.54 Å². The molecule has 3 aromatic rings. The van der Waals surface area contributed by atoms with Crippen molar-refractivity contribution < 1.29 is 4.92 Å². The summed E-state index contributed by atoms with van der Waals surface area (Å²) < 4.78 is 0. The van der Waals surface area contributed by atoms with Crippen LogP contribution in [-0.4, -0.2) is 24.9 Å². The number of hydrogen-bond donors (Lipinski definition) is 1. The minimum atomic E-state index is -0.617. The molecule has 0 aliphatic rings. The molecule has 0 atom stereocenters. The SMILES string of the molecule is O=[N+]([O-])c1c(Cl)ncnc1NCc1csc(-c2ccncc2)n1. The van der Waals surface area contributed by atoms with Crippen LogP contribution in [0.3, 0.4) is 0 Å². The van der Waals surface area contributed by atoms with Crippen LogP contribution in [0.2, 0.25) is 5.15 Å². The fraction of sp³-hybridized carbons (Fsp3) is 0.0769. The van der Waals surface area contributed by atoms with Gasteiger partial charge in [0.25, 0.3) is 0 Å². The summed E-state index contributed by atoms with van der Waals surface area (Å²) in [5.74, 6) is 0.0634. The third-order valence-electron chi connectivity index (χ3n) is 2.88. The highest BCUT2D eigenvalue weighted by Gasteiger charge is 2.21. The van der Waals surface area contributed by atoms with Gasteiger partial charge in [0.15, 0.2) is 0 Å². The number of nitro groups is 1. The Bertz CT molecular complexity index is 841. The van der Waals surface area contributed by atoms with E-state index in [0.717, 1.165) is 16.3 Å². The van der Waals surface area contributed by atoms with Gasteiger partial charge in [-0.3, -0.25) is 15.1 Å². The smallest absolute Gasteiger partial charge is 0.348 e. The van der Waals surface area contributed by atoms with Gasteiger partial charge >= 0.3 is 5.69 Å². The molecule has 0 saturated carbocycles. The quantitative estimate of drug-likeness (QED) is 0.428. The second-order valence-electron chi connectivity index (χ2n) is 4.35. The van der Waals surface area contributed by atoms with E-state index in [2.05, 4.69) is 25.3 Å². The molecule has 3 heterocycles. The lowest BCUT2D eigenvalue weighted by atomic mass is 10.3. The number of pyridine rings is 1. The van der Waals surface area contributed by atoms with Crippen LogP contribution in [0, 0.1) is 10.1 Å². The van der Waals surface area contributed by atoms with E-state index in [9.17, 15) is 10.1 Å². The number of anilines is 1. The van der Waals surface area contributed by atoms with Crippen molar-refractivity contribution in [3.8, 4) is 10.6 Å². The Labute approximate surface area is 139 Å². The lowest BCUT2D eigenvalue weighted by molar-refractivity contribution is -0.384. The molecular weight excluding hydrogens is 340 g/mol. The van der Waals surface area contributed by atoms with Gasteiger partial charge in [-0.15, -0.1) is 11.3 Å². The second kappa shape index (κ2) is 6.63. The first-order valence-electron chi connectivity index (χ1n) is 6.38. The Morgan fingerprint density at radius 1 is 1.30 bits per heavy atom. The van der Waals surface area contributed by atoms with Crippen LogP contribution in [0.5, 0.6) is 0 Å². The van der Waals surface area contributed by atoms with Crippen LogP contribution in [0.15, 0.2) is 36.2 Å². The molecule has 0 aliphatic heterocycles. The molecule has 0 spiro atoms. The average molecular weight is 349 g/mol. The third-order valence-corrected chi connectivity index (χ3v) is 4.09. The second-order valence-corrected chi connectivity index (χ2v) is 5.57. The molecule has 0 fully saturated rings. The predicted molar refractivity (Wildman–Crippen MR) is 86.4 cm³/mol. The maximum atomic E-state index is 11.0. The first-order valence-corrected chi connectivity index (χ1v) is 7.64. The summed E-state index contributed by atoms with van der Waals surface area (Å²) in [6.07, 6.45) is 4.56. The van der Waals surface area contributed by atoms with E-state index in [1.54, 1.807) is 12.4 Å². The van der Waals surface area contributed by atoms with E-state index in [1.165, 1.54) is 17.7 Å². The van der Waals surface area contributed by atoms with Crippen molar-refractivity contribution in [2.45, 2.75) is 6.54 Å². The minimum Gasteiger partial charge on any atom is -0.359 e. The number of nitrogens with zero attached hydrogens (tertiary/aromatic N) is 5. The molecule has 3 aromatic heterocycles. The van der Waals surface area contributed by atoms with Crippen molar-refractivity contribution in [3.63, 3.8) is 0 Å². The molecule has 0 radical (unpaired) electrons. The van der Waals surface area contributed by atoms with Crippen LogP contribution < -0.4 is 5.32 Å². The number of thiazole rings is 1. The summed E-state index contributed by atoms with van der Waals surface area (Å²) in [5, 5.41) is 16.4. The Morgan fingerprint density at radius 2 is 2.09 bits per heavy atom. The van der Waals surface area contributed by atoms with E-state index < -0.39 is 4.92 Å². The standard InChI is InChI=1S/C13H9ClN6O2S/c14-11-10(20(21)22)12(18-7-17-11)16-5-9-6-23-13(19-9)8-1-3-15-4-2-8/h1-4,6-7H,5H2,(H,16,17,18). The van der Waals surface area contributed by atoms with Crippen molar-refractivity contribution >= 4 is 34.4 Å². The van der Waals surface area contributed by atoms with E-state index in [0.29, 0.717) is 0 Å². The number of nitrogens with one attached hydrogen (secondary N) is 1. The van der Waals surface area contributed by atoms with Gasteiger partial charge in [-0.1, -0.05) is 11.6 Å². The monoisotopic (exact) mass is 348 g/mol. The van der Waals surface area contributed by atoms with E-state index in [4.69, 9.17) is 11.6 Å². The van der Waals surface area contributed by atoms with Gasteiger partial charge in [-0.25, -0.2) is 15.0 Å². The summed E-state index contributed by atoms with van der Waals surface area (Å²) in [4.78, 5) is 26.3. The lowest BCUT2D eigenvalue weighted by Gasteiger charge is -2.04. The molecule has 0 unspecified atom stereocenters. The Hall–Kier alpha value is -2.65. The van der Waals surface area contributed by atoms with E-state index >= 15 is 0 Å². The summed E-state index contributed by atoms with van der Waals surface area (Å²) in [5.41, 5.74) is 1.36. The van der Waals surface area contributed by atoms with Gasteiger partial charge in [0, 0.05) is 23.3 Å². The molecule has 0 saturated heterocycles. The number of halogens is 1. The van der Waals surface area contributed by atoms with Gasteiger partial charge in [0.2, 0.25) is 11.0 Å². The van der Waals surface area contributed by atoms with Gasteiger partial charge < -0.3 is 5.32 Å². The highest BCUT2D eigenvalue weighted by atomic mass is 35.5. The molecule has 0 amide bonds. The molecule has 0 aromatic carbocycles. The Balaban J connectivity index is 1.76. The van der Waals surface area contributed by atoms with Crippen molar-refractivity contribution in [3.05, 3.63) is 57.2 Å². The Morgan fingerprint density at radius 3 is 2.83 bits per heavy atom. The summed E-state index contributed by atoms with van der Waals surface area (Å²) in [6.45, 7) is 0.287. The summed E-state index contributed by atoms with van der Waals surface area (Å²) in [6, 6.07) is 3.73. The Kier molecular flexibility index (Phi) is 4.40. The molecule has 10 heteroatoms. The summed E-state index contributed by atoms with van der Waals surface area (Å²) in [7, 11) is 0. The van der Waals surface area contributed by atoms with Crippen LogP contribution in [0.25, 0.3) is 10.6 Å². The largest absolute Gasteiger partial charge is 0.359 e. The van der Waals surface area contributed by atoms with Crippen molar-refractivity contribution in [1.82, 2.24) is 19.9 Å². The third kappa shape index (κ3) is 3.41. The van der Waals surface area contributed by atoms with Crippen molar-refractivity contribution in [2.75, 3.05) is 5.32 Å². The van der Waals surface area contributed by atoms with Crippen LogP contribution in [0.1, 0.15) is 5.69 Å². The molecule has 23 heavy (non-hydrogen) atoms. The lowest BCUT2D eigenvalue weighted by Crippen LogP contribution is -2.06. The van der Waals surface area contributed by atoms with Gasteiger partial charge in [0.05, 0.1) is 17.2 Å². The maximum Gasteiger partial charge on any atom is 0.348 e. The molecule has 8 nitrogen and oxygen atoms in total. The van der Waals surface area contributed by atoms with Crippen molar-refractivity contribution in [2.24, 2.45) is 0 Å². The molecule has 0 bridgehead atoms. The first kappa shape index (κ1) is 15.3. The molecular formula is C13H9ClN6O2S.